The van der Waals surface area contributed by atoms with E-state index in [9.17, 15) is 23.3 Å². The third-order valence-electron chi connectivity index (χ3n) is 5.09. The normalized spacial score (nSPS) is 11.4. The number of non-ortho nitro benzene ring substituents is 1. The van der Waals surface area contributed by atoms with E-state index in [0.29, 0.717) is 27.2 Å². The molecule has 37 heavy (non-hydrogen) atoms. The van der Waals surface area contributed by atoms with Crippen molar-refractivity contribution in [1.29, 1.82) is 0 Å². The summed E-state index contributed by atoms with van der Waals surface area (Å²) in [5.41, 5.74) is 3.21. The summed E-state index contributed by atoms with van der Waals surface area (Å²) in [6, 6.07) is 23.5. The number of hydrogen-bond acceptors (Lipinski definition) is 7. The third kappa shape index (κ3) is 6.29. The Morgan fingerprint density at radius 1 is 1.03 bits per heavy atom. The van der Waals surface area contributed by atoms with Crippen molar-refractivity contribution in [2.24, 2.45) is 5.10 Å². The van der Waals surface area contributed by atoms with Gasteiger partial charge in [-0.05, 0) is 54.6 Å². The summed E-state index contributed by atoms with van der Waals surface area (Å²) >= 11 is 3.33. The van der Waals surface area contributed by atoms with Gasteiger partial charge >= 0.3 is 0 Å². The van der Waals surface area contributed by atoms with Crippen LogP contribution in [0.15, 0.2) is 110 Å². The van der Waals surface area contributed by atoms with Gasteiger partial charge in [0.05, 0.1) is 21.7 Å². The first-order chi connectivity index (χ1) is 17.7. The summed E-state index contributed by atoms with van der Waals surface area (Å²) in [5.74, 6) is 0.102. The van der Waals surface area contributed by atoms with Crippen molar-refractivity contribution in [3.63, 3.8) is 0 Å². The molecule has 4 aromatic rings. The molecule has 0 bridgehead atoms. The van der Waals surface area contributed by atoms with Crippen LogP contribution in [0.2, 0.25) is 0 Å². The van der Waals surface area contributed by atoms with Crippen LogP contribution in [0.1, 0.15) is 5.76 Å². The molecule has 12 heteroatoms. The van der Waals surface area contributed by atoms with Crippen LogP contribution in [0, 0.1) is 10.1 Å². The summed E-state index contributed by atoms with van der Waals surface area (Å²) in [7, 11) is -4.04. The molecule has 0 aliphatic heterocycles. The van der Waals surface area contributed by atoms with Crippen molar-refractivity contribution in [2.75, 3.05) is 10.8 Å². The topological polar surface area (TPSA) is 135 Å². The van der Waals surface area contributed by atoms with E-state index in [1.807, 2.05) is 0 Å². The van der Waals surface area contributed by atoms with Gasteiger partial charge in [0, 0.05) is 22.2 Å². The highest BCUT2D eigenvalue weighted by atomic mass is 79.9. The van der Waals surface area contributed by atoms with E-state index >= 15 is 0 Å². The number of hydrazone groups is 1. The average molecular weight is 583 g/mol. The Labute approximate surface area is 220 Å². The van der Waals surface area contributed by atoms with Gasteiger partial charge in [0.15, 0.2) is 0 Å². The maximum atomic E-state index is 13.3. The first kappa shape index (κ1) is 25.8. The van der Waals surface area contributed by atoms with E-state index in [-0.39, 0.29) is 10.6 Å². The van der Waals surface area contributed by atoms with Gasteiger partial charge in [-0.15, -0.1) is 0 Å². The highest BCUT2D eigenvalue weighted by Gasteiger charge is 2.27. The van der Waals surface area contributed by atoms with Crippen LogP contribution in [-0.2, 0) is 14.8 Å². The molecule has 10 nitrogen and oxygen atoms in total. The minimum absolute atomic E-state index is 0.0361. The minimum atomic E-state index is -4.04. The lowest BCUT2D eigenvalue weighted by Gasteiger charge is -2.23. The molecule has 3 aromatic carbocycles. The molecule has 0 aliphatic carbocycles. The van der Waals surface area contributed by atoms with E-state index in [4.69, 9.17) is 4.42 Å². The second kappa shape index (κ2) is 11.2. The van der Waals surface area contributed by atoms with Gasteiger partial charge in [0.2, 0.25) is 0 Å². The smallest absolute Gasteiger partial charge is 0.269 e. The fourth-order valence-electron chi connectivity index (χ4n) is 3.32. The predicted octanol–water partition coefficient (Wildman–Crippen LogP) is 4.96. The number of nitrogens with zero attached hydrogens (tertiary/aromatic N) is 3. The molecule has 188 valence electrons. The number of halogens is 1. The van der Waals surface area contributed by atoms with Gasteiger partial charge in [0.25, 0.3) is 21.6 Å². The van der Waals surface area contributed by atoms with Crippen molar-refractivity contribution in [3.8, 4) is 11.3 Å². The quantitative estimate of drug-likeness (QED) is 0.168. The summed E-state index contributed by atoms with van der Waals surface area (Å²) in [5, 5.41) is 14.7. The number of furan rings is 1. The van der Waals surface area contributed by atoms with Gasteiger partial charge in [0.1, 0.15) is 18.1 Å². The molecule has 0 radical (unpaired) electrons. The van der Waals surface area contributed by atoms with Crippen molar-refractivity contribution in [2.45, 2.75) is 4.90 Å². The second-order valence-electron chi connectivity index (χ2n) is 7.60. The van der Waals surface area contributed by atoms with Crippen molar-refractivity contribution in [1.82, 2.24) is 5.43 Å². The van der Waals surface area contributed by atoms with E-state index < -0.39 is 27.4 Å². The van der Waals surface area contributed by atoms with Gasteiger partial charge < -0.3 is 4.42 Å². The van der Waals surface area contributed by atoms with Crippen LogP contribution < -0.4 is 9.73 Å². The number of amides is 1. The number of sulfonamides is 1. The maximum Gasteiger partial charge on any atom is 0.269 e. The Morgan fingerprint density at radius 3 is 2.43 bits per heavy atom. The number of hydrogen-bond donors (Lipinski definition) is 1. The molecule has 0 atom stereocenters. The van der Waals surface area contributed by atoms with E-state index in [1.54, 1.807) is 66.7 Å². The number of nitro benzene ring substituents is 1. The number of rotatable bonds is 9. The molecular formula is C25H19BrN4O6S. The average Bonchev–Trinajstić information content (AvgIpc) is 3.36. The molecule has 4 rings (SSSR count). The molecule has 1 heterocycles. The zero-order valence-corrected chi connectivity index (χ0v) is 21.4. The Balaban J connectivity index is 1.47. The van der Waals surface area contributed by atoms with Crippen LogP contribution in [0.4, 0.5) is 11.4 Å². The fourth-order valence-corrected chi connectivity index (χ4v) is 5.15. The first-order valence-electron chi connectivity index (χ1n) is 10.7. The Hall–Kier alpha value is -4.29. The Kier molecular flexibility index (Phi) is 7.80. The molecule has 1 N–H and O–H groups in total. The van der Waals surface area contributed by atoms with Crippen LogP contribution >= 0.6 is 15.9 Å². The van der Waals surface area contributed by atoms with Gasteiger partial charge in [-0.3, -0.25) is 19.2 Å². The monoisotopic (exact) mass is 582 g/mol. The molecule has 1 aromatic heterocycles. The van der Waals surface area contributed by atoms with Crippen LogP contribution in [0.5, 0.6) is 0 Å². The van der Waals surface area contributed by atoms with Gasteiger partial charge in [-0.2, -0.15) is 5.10 Å². The number of nitro groups is 1. The van der Waals surface area contributed by atoms with Gasteiger partial charge in [-0.25, -0.2) is 13.8 Å². The molecule has 0 spiro atoms. The number of carbonyl (C=O) groups is 1. The Morgan fingerprint density at radius 2 is 1.76 bits per heavy atom. The molecule has 0 saturated carbocycles. The summed E-state index contributed by atoms with van der Waals surface area (Å²) < 4.78 is 33.9. The first-order valence-corrected chi connectivity index (χ1v) is 13.0. The zero-order valence-electron chi connectivity index (χ0n) is 19.0. The Bertz CT molecular complexity index is 1550. The summed E-state index contributed by atoms with van der Waals surface area (Å²) in [6.07, 6.45) is 1.27. The van der Waals surface area contributed by atoms with Crippen molar-refractivity contribution >= 4 is 49.4 Å². The highest BCUT2D eigenvalue weighted by Crippen LogP contribution is 2.26. The molecule has 0 saturated heterocycles. The zero-order chi connectivity index (χ0) is 26.4. The molecule has 0 aliphatic rings. The van der Waals surface area contributed by atoms with Crippen molar-refractivity contribution in [3.05, 3.63) is 111 Å². The van der Waals surface area contributed by atoms with Crippen molar-refractivity contribution < 1.29 is 22.6 Å². The lowest BCUT2D eigenvalue weighted by atomic mass is 10.1. The molecule has 0 unspecified atom stereocenters. The van der Waals surface area contributed by atoms with E-state index in [2.05, 4.69) is 26.5 Å². The minimum Gasteiger partial charge on any atom is -0.455 e. The van der Waals surface area contributed by atoms with Crippen LogP contribution in [0.25, 0.3) is 11.3 Å². The van der Waals surface area contributed by atoms with E-state index in [0.717, 1.165) is 4.31 Å². The van der Waals surface area contributed by atoms with Crippen LogP contribution in [0.3, 0.4) is 0 Å². The summed E-state index contributed by atoms with van der Waals surface area (Å²) in [4.78, 5) is 23.0. The highest BCUT2D eigenvalue weighted by molar-refractivity contribution is 9.10. The number of nitrogens with one attached hydrogen (secondary N) is 1. The number of carbonyl (C=O) groups excluding carboxylic acids is 1. The lowest BCUT2D eigenvalue weighted by Crippen LogP contribution is -2.39. The van der Waals surface area contributed by atoms with E-state index in [1.165, 1.54) is 30.5 Å². The summed E-state index contributed by atoms with van der Waals surface area (Å²) in [6.45, 7) is -0.517. The van der Waals surface area contributed by atoms with Gasteiger partial charge in [-0.1, -0.05) is 40.2 Å². The molecular weight excluding hydrogens is 564 g/mol. The van der Waals surface area contributed by atoms with Crippen LogP contribution in [-0.4, -0.2) is 32.0 Å². The molecule has 0 fully saturated rings. The lowest BCUT2D eigenvalue weighted by molar-refractivity contribution is -0.384. The molecule has 1 amide bonds. The largest absolute Gasteiger partial charge is 0.455 e. The number of benzene rings is 3. The fraction of sp³-hybridized carbons (Fsp3) is 0.0400. The SMILES string of the molecule is O=C(CN(c1cccc(Br)c1)S(=O)(=O)c1ccccc1)N/N=C\c1ccc(-c2ccc([N+](=O)[O-])cc2)o1. The predicted molar refractivity (Wildman–Crippen MR) is 142 cm³/mol. The second-order valence-corrected chi connectivity index (χ2v) is 10.4. The standard InChI is InChI=1S/C25H19BrN4O6S/c26-19-5-4-6-21(15-19)29(37(34,35)23-7-2-1-3-8-23)17-25(31)28-27-16-22-13-14-24(36-22)18-9-11-20(12-10-18)30(32)33/h1-16H,17H2,(H,28,31)/b27-16-. The maximum absolute atomic E-state index is 13.3. The number of anilines is 1. The third-order valence-corrected chi connectivity index (χ3v) is 7.37.